The number of carbonyl (C=O) groups is 1. The van der Waals surface area contributed by atoms with Crippen LogP contribution in [0.4, 0.5) is 0 Å². The fraction of sp³-hybridized carbons (Fsp3) is 0.500. The highest BCUT2D eigenvalue weighted by Gasteiger charge is 2.38. The highest BCUT2D eigenvalue weighted by molar-refractivity contribution is 7.91. The molecule has 0 unspecified atom stereocenters. The van der Waals surface area contributed by atoms with Gasteiger partial charge in [-0.25, -0.2) is 8.42 Å². The summed E-state index contributed by atoms with van der Waals surface area (Å²) in [5.74, 6) is 0.351. The number of rotatable bonds is 7. The molecular formula is C26H34N2O3S. The maximum atomic E-state index is 13.3. The Morgan fingerprint density at radius 3 is 2.22 bits per heavy atom. The van der Waals surface area contributed by atoms with Gasteiger partial charge in [-0.15, -0.1) is 0 Å². The molecule has 0 aromatic heterocycles. The van der Waals surface area contributed by atoms with E-state index in [1.165, 1.54) is 17.5 Å². The average molecular weight is 455 g/mol. The maximum Gasteiger partial charge on any atom is 0.237 e. The second-order valence-corrected chi connectivity index (χ2v) is 11.5. The summed E-state index contributed by atoms with van der Waals surface area (Å²) < 4.78 is 24.2. The van der Waals surface area contributed by atoms with Gasteiger partial charge >= 0.3 is 0 Å². The van der Waals surface area contributed by atoms with E-state index in [0.717, 1.165) is 31.2 Å². The van der Waals surface area contributed by atoms with Gasteiger partial charge in [-0.1, -0.05) is 73.9 Å². The third-order valence-corrected chi connectivity index (χ3v) is 8.69. The molecule has 5 nitrogen and oxygen atoms in total. The van der Waals surface area contributed by atoms with Gasteiger partial charge < -0.3 is 10.2 Å². The average Bonchev–Trinajstić information content (AvgIpc) is 3.18. The number of nitrogens with one attached hydrogen (secondary N) is 1. The van der Waals surface area contributed by atoms with E-state index >= 15 is 0 Å². The Morgan fingerprint density at radius 2 is 1.59 bits per heavy atom. The topological polar surface area (TPSA) is 66.5 Å². The summed E-state index contributed by atoms with van der Waals surface area (Å²) in [4.78, 5) is 15.2. The van der Waals surface area contributed by atoms with Crippen LogP contribution in [0.1, 0.15) is 57.1 Å². The first-order valence-electron chi connectivity index (χ1n) is 11.8. The van der Waals surface area contributed by atoms with Crippen molar-refractivity contribution in [3.05, 3.63) is 60.2 Å². The zero-order valence-electron chi connectivity index (χ0n) is 18.9. The van der Waals surface area contributed by atoms with Crippen LogP contribution in [0.3, 0.4) is 0 Å². The van der Waals surface area contributed by atoms with Crippen LogP contribution in [0.5, 0.6) is 0 Å². The van der Waals surface area contributed by atoms with Crippen LogP contribution in [-0.4, -0.2) is 49.4 Å². The Bertz CT molecular complexity index is 999. The van der Waals surface area contributed by atoms with E-state index in [4.69, 9.17) is 0 Å². The molecule has 1 saturated heterocycles. The Balaban J connectivity index is 1.39. The molecule has 1 aliphatic heterocycles. The quantitative estimate of drug-likeness (QED) is 0.675. The van der Waals surface area contributed by atoms with E-state index in [1.807, 2.05) is 23.1 Å². The molecule has 4 rings (SSSR count). The molecule has 2 atom stereocenters. The fourth-order valence-corrected chi connectivity index (χ4v) is 6.82. The van der Waals surface area contributed by atoms with Crippen molar-refractivity contribution >= 4 is 15.7 Å². The first-order valence-corrected chi connectivity index (χ1v) is 13.7. The molecule has 1 amide bonds. The van der Waals surface area contributed by atoms with Gasteiger partial charge in [0.25, 0.3) is 0 Å². The van der Waals surface area contributed by atoms with Gasteiger partial charge in [-0.3, -0.25) is 4.79 Å². The lowest BCUT2D eigenvalue weighted by Crippen LogP contribution is -2.51. The van der Waals surface area contributed by atoms with Crippen molar-refractivity contribution in [1.82, 2.24) is 10.2 Å². The number of sulfone groups is 1. The molecule has 32 heavy (non-hydrogen) atoms. The maximum absolute atomic E-state index is 13.3. The van der Waals surface area contributed by atoms with E-state index in [-0.39, 0.29) is 42.1 Å². The molecular weight excluding hydrogens is 420 g/mol. The molecule has 0 radical (unpaired) electrons. The van der Waals surface area contributed by atoms with Crippen molar-refractivity contribution < 1.29 is 13.2 Å². The molecule has 0 bridgehead atoms. The van der Waals surface area contributed by atoms with Gasteiger partial charge in [-0.05, 0) is 42.9 Å². The minimum atomic E-state index is -3.03. The highest BCUT2D eigenvalue weighted by atomic mass is 32.2. The number of nitrogens with zero attached hydrogens (tertiary/aromatic N) is 1. The molecule has 6 heteroatoms. The van der Waals surface area contributed by atoms with Gasteiger partial charge in [0, 0.05) is 18.1 Å². The van der Waals surface area contributed by atoms with Crippen LogP contribution >= 0.6 is 0 Å². The van der Waals surface area contributed by atoms with Crippen LogP contribution in [0.2, 0.25) is 0 Å². The van der Waals surface area contributed by atoms with Crippen LogP contribution in [0.15, 0.2) is 54.6 Å². The monoisotopic (exact) mass is 454 g/mol. The third kappa shape index (κ3) is 5.59. The fourth-order valence-electron chi connectivity index (χ4n) is 5.10. The van der Waals surface area contributed by atoms with Crippen molar-refractivity contribution in [2.24, 2.45) is 0 Å². The van der Waals surface area contributed by atoms with E-state index in [9.17, 15) is 13.2 Å². The number of hydrogen-bond acceptors (Lipinski definition) is 4. The molecule has 2 fully saturated rings. The van der Waals surface area contributed by atoms with E-state index in [0.29, 0.717) is 6.42 Å². The SMILES string of the molecule is C[C@@H](NCC(=O)N(C1CCCCC1)[C@@H]1CCS(=O)(=O)C1)c1ccc(-c2ccccc2)cc1. The van der Waals surface area contributed by atoms with Crippen molar-refractivity contribution in [2.75, 3.05) is 18.1 Å². The van der Waals surface area contributed by atoms with Crippen LogP contribution in [-0.2, 0) is 14.6 Å². The molecule has 172 valence electrons. The van der Waals surface area contributed by atoms with Crippen molar-refractivity contribution in [2.45, 2.75) is 63.6 Å². The minimum Gasteiger partial charge on any atom is -0.335 e. The van der Waals surface area contributed by atoms with Gasteiger partial charge in [0.1, 0.15) is 0 Å². The summed E-state index contributed by atoms with van der Waals surface area (Å²) in [7, 11) is -3.03. The van der Waals surface area contributed by atoms with Gasteiger partial charge in [0.05, 0.1) is 18.1 Å². The Labute approximate surface area is 192 Å². The predicted molar refractivity (Wildman–Crippen MR) is 129 cm³/mol. The molecule has 1 aliphatic carbocycles. The smallest absolute Gasteiger partial charge is 0.237 e. The normalized spacial score (nSPS) is 21.8. The number of carbonyl (C=O) groups excluding carboxylic acids is 1. The second kappa shape index (κ2) is 10.2. The van der Waals surface area contributed by atoms with Crippen molar-refractivity contribution in [3.8, 4) is 11.1 Å². The molecule has 2 aliphatic rings. The zero-order valence-corrected chi connectivity index (χ0v) is 19.7. The lowest BCUT2D eigenvalue weighted by Gasteiger charge is -2.38. The summed E-state index contributed by atoms with van der Waals surface area (Å²) in [5, 5.41) is 3.38. The van der Waals surface area contributed by atoms with E-state index in [2.05, 4.69) is 48.6 Å². The van der Waals surface area contributed by atoms with Crippen molar-refractivity contribution in [3.63, 3.8) is 0 Å². The molecule has 1 heterocycles. The van der Waals surface area contributed by atoms with E-state index < -0.39 is 9.84 Å². The standard InChI is InChI=1S/C26H34N2O3S/c1-20(21-12-14-23(15-13-21)22-8-4-2-5-9-22)27-18-26(29)28(24-10-6-3-7-11-24)25-16-17-32(30,31)19-25/h2,4-5,8-9,12-15,20,24-25,27H,3,6-7,10-11,16-19H2,1H3/t20-,25-/m1/s1. The lowest BCUT2D eigenvalue weighted by atomic mass is 9.92. The first-order chi connectivity index (χ1) is 15.4. The minimum absolute atomic E-state index is 0.0317. The Morgan fingerprint density at radius 1 is 0.938 bits per heavy atom. The summed E-state index contributed by atoms with van der Waals surface area (Å²) in [6.45, 7) is 2.30. The van der Waals surface area contributed by atoms with Crippen LogP contribution in [0, 0.1) is 0 Å². The third-order valence-electron chi connectivity index (χ3n) is 6.94. The Kier molecular flexibility index (Phi) is 7.31. The summed E-state index contributed by atoms with van der Waals surface area (Å²) in [6, 6.07) is 18.7. The predicted octanol–water partition coefficient (Wildman–Crippen LogP) is 4.35. The summed E-state index contributed by atoms with van der Waals surface area (Å²) >= 11 is 0. The van der Waals surface area contributed by atoms with Crippen LogP contribution < -0.4 is 5.32 Å². The number of benzene rings is 2. The Hall–Kier alpha value is -2.18. The van der Waals surface area contributed by atoms with Gasteiger partial charge in [-0.2, -0.15) is 0 Å². The van der Waals surface area contributed by atoms with E-state index in [1.54, 1.807) is 0 Å². The van der Waals surface area contributed by atoms with Gasteiger partial charge in [0.2, 0.25) is 5.91 Å². The second-order valence-electron chi connectivity index (χ2n) is 9.24. The van der Waals surface area contributed by atoms with Gasteiger partial charge in [0.15, 0.2) is 9.84 Å². The molecule has 0 spiro atoms. The summed E-state index contributed by atoms with van der Waals surface area (Å²) in [6.07, 6.45) is 5.98. The lowest BCUT2D eigenvalue weighted by molar-refractivity contribution is -0.135. The largest absolute Gasteiger partial charge is 0.335 e. The molecule has 1 N–H and O–H groups in total. The number of hydrogen-bond donors (Lipinski definition) is 1. The number of amides is 1. The summed E-state index contributed by atoms with van der Waals surface area (Å²) in [5.41, 5.74) is 3.48. The molecule has 2 aromatic carbocycles. The first kappa shape index (κ1) is 23.0. The highest BCUT2D eigenvalue weighted by Crippen LogP contribution is 2.28. The van der Waals surface area contributed by atoms with Crippen molar-refractivity contribution in [1.29, 1.82) is 0 Å². The molecule has 2 aromatic rings. The molecule has 1 saturated carbocycles. The van der Waals surface area contributed by atoms with Crippen LogP contribution in [0.25, 0.3) is 11.1 Å². The zero-order chi connectivity index (χ0) is 22.6.